The highest BCUT2D eigenvalue weighted by molar-refractivity contribution is 5.88. The lowest BCUT2D eigenvalue weighted by molar-refractivity contribution is 0.283. The fourth-order valence-electron chi connectivity index (χ4n) is 3.37. The summed E-state index contributed by atoms with van der Waals surface area (Å²) in [4.78, 5) is 0. The molecule has 2 aliphatic heterocycles. The van der Waals surface area contributed by atoms with Gasteiger partial charge in [0.2, 0.25) is 0 Å². The van der Waals surface area contributed by atoms with Gasteiger partial charge in [-0.2, -0.15) is 0 Å². The molecule has 118 valence electrons. The molecule has 4 heteroatoms. The first-order valence-electron chi connectivity index (χ1n) is 7.62. The molecule has 2 aromatic carbocycles. The van der Waals surface area contributed by atoms with E-state index >= 15 is 0 Å². The Morgan fingerprint density at radius 1 is 1.17 bits per heavy atom. The Morgan fingerprint density at radius 2 is 1.96 bits per heavy atom. The second-order valence-electron chi connectivity index (χ2n) is 6.50. The van der Waals surface area contributed by atoms with Gasteiger partial charge < -0.3 is 14.8 Å². The molecule has 2 heterocycles. The molecule has 0 spiro atoms. The average Bonchev–Trinajstić information content (AvgIpc) is 2.91. The van der Waals surface area contributed by atoms with Crippen molar-refractivity contribution in [1.82, 2.24) is 0 Å². The van der Waals surface area contributed by atoms with Crippen LogP contribution in [0.25, 0.3) is 16.9 Å². The van der Waals surface area contributed by atoms with Crippen molar-refractivity contribution in [2.75, 3.05) is 12.4 Å². The summed E-state index contributed by atoms with van der Waals surface area (Å²) in [5, 5.41) is 3.52. The fourth-order valence-corrected chi connectivity index (χ4v) is 3.37. The van der Waals surface area contributed by atoms with E-state index in [1.165, 1.54) is 12.1 Å². The van der Waals surface area contributed by atoms with E-state index in [9.17, 15) is 4.39 Å². The minimum absolute atomic E-state index is 0.140. The predicted molar refractivity (Wildman–Crippen MR) is 88.9 cm³/mol. The van der Waals surface area contributed by atoms with E-state index < -0.39 is 0 Å². The van der Waals surface area contributed by atoms with Crippen molar-refractivity contribution in [3.63, 3.8) is 0 Å². The number of nitrogens with one attached hydrogen (secondary N) is 1. The first kappa shape index (κ1) is 14.1. The Balaban J connectivity index is 1.92. The Kier molecular flexibility index (Phi) is 2.92. The molecule has 0 saturated carbocycles. The molecule has 0 saturated heterocycles. The van der Waals surface area contributed by atoms with Crippen molar-refractivity contribution in [1.29, 1.82) is 0 Å². The van der Waals surface area contributed by atoms with Gasteiger partial charge in [-0.05, 0) is 43.7 Å². The molecule has 0 fully saturated rings. The van der Waals surface area contributed by atoms with Crippen molar-refractivity contribution in [2.45, 2.75) is 26.0 Å². The van der Waals surface area contributed by atoms with Gasteiger partial charge in [0.15, 0.2) is 0 Å². The molecule has 0 radical (unpaired) electrons. The van der Waals surface area contributed by atoms with Gasteiger partial charge in [0.05, 0.1) is 12.6 Å². The topological polar surface area (TPSA) is 30.5 Å². The van der Waals surface area contributed by atoms with Gasteiger partial charge in [0.1, 0.15) is 23.9 Å². The van der Waals surface area contributed by atoms with Gasteiger partial charge in [0, 0.05) is 28.4 Å². The van der Waals surface area contributed by atoms with Gasteiger partial charge in [-0.15, -0.1) is 0 Å². The molecule has 0 bridgehead atoms. The maximum absolute atomic E-state index is 13.5. The molecular weight excluding hydrogens is 293 g/mol. The lowest BCUT2D eigenvalue weighted by atomic mass is 9.89. The zero-order valence-electron chi connectivity index (χ0n) is 13.4. The van der Waals surface area contributed by atoms with Crippen molar-refractivity contribution in [2.24, 2.45) is 0 Å². The van der Waals surface area contributed by atoms with Crippen molar-refractivity contribution >= 4 is 11.4 Å². The van der Waals surface area contributed by atoms with Gasteiger partial charge in [-0.1, -0.05) is 6.07 Å². The molecule has 0 unspecified atom stereocenters. The second kappa shape index (κ2) is 4.75. The van der Waals surface area contributed by atoms with Crippen LogP contribution in [0, 0.1) is 5.82 Å². The van der Waals surface area contributed by atoms with Crippen LogP contribution in [0.1, 0.15) is 25.0 Å². The third-order valence-electron chi connectivity index (χ3n) is 4.33. The zero-order valence-corrected chi connectivity index (χ0v) is 13.4. The van der Waals surface area contributed by atoms with E-state index in [1.54, 1.807) is 13.2 Å². The zero-order chi connectivity index (χ0) is 16.2. The van der Waals surface area contributed by atoms with Crippen LogP contribution in [-0.4, -0.2) is 12.6 Å². The number of hydrogen-bond acceptors (Lipinski definition) is 3. The summed E-state index contributed by atoms with van der Waals surface area (Å²) >= 11 is 0. The Labute approximate surface area is 134 Å². The summed E-state index contributed by atoms with van der Waals surface area (Å²) in [6.45, 7) is 4.74. The second-order valence-corrected chi connectivity index (χ2v) is 6.50. The summed E-state index contributed by atoms with van der Waals surface area (Å²) in [7, 11) is 1.56. The number of anilines is 1. The van der Waals surface area contributed by atoms with Crippen LogP contribution in [0.5, 0.6) is 5.75 Å². The predicted octanol–water partition coefficient (Wildman–Crippen LogP) is 4.58. The van der Waals surface area contributed by atoms with E-state index in [0.29, 0.717) is 12.4 Å². The van der Waals surface area contributed by atoms with Crippen LogP contribution in [0.15, 0.2) is 36.4 Å². The smallest absolute Gasteiger partial charge is 0.129 e. The van der Waals surface area contributed by atoms with E-state index in [-0.39, 0.29) is 11.4 Å². The quantitative estimate of drug-likeness (QED) is 0.881. The summed E-state index contributed by atoms with van der Waals surface area (Å²) in [5.74, 6) is 1.14. The third kappa shape index (κ3) is 2.17. The minimum atomic E-state index is -0.305. The monoisotopic (exact) mass is 311 g/mol. The Morgan fingerprint density at radius 3 is 2.74 bits per heavy atom. The minimum Gasteiger partial charge on any atom is -0.496 e. The Bertz CT molecular complexity index is 840. The largest absolute Gasteiger partial charge is 0.496 e. The van der Waals surface area contributed by atoms with Gasteiger partial charge in [0.25, 0.3) is 0 Å². The normalized spacial score (nSPS) is 17.0. The number of rotatable bonds is 2. The maximum Gasteiger partial charge on any atom is 0.129 e. The fraction of sp³-hybridized carbons (Fsp3) is 0.263. The summed E-state index contributed by atoms with van der Waals surface area (Å²) in [5.41, 5.74) is 5.05. The summed E-state index contributed by atoms with van der Waals surface area (Å²) in [6.07, 6.45) is 2.11. The lowest BCUT2D eigenvalue weighted by Gasteiger charge is -2.30. The Hall–Kier alpha value is -2.49. The molecule has 4 rings (SSSR count). The van der Waals surface area contributed by atoms with E-state index in [4.69, 9.17) is 9.47 Å². The molecule has 0 atom stereocenters. The molecule has 1 N–H and O–H groups in total. The van der Waals surface area contributed by atoms with Gasteiger partial charge >= 0.3 is 0 Å². The number of hydrogen-bond donors (Lipinski definition) is 1. The molecule has 0 aromatic heterocycles. The standard InChI is InChI=1S/C19H18FNO2/c1-19(2)9-17-18-14(10-23-17)12(6-7-15(18)21-19)13-5-4-11(20)8-16(13)22-3/h4-9,21H,10H2,1-3H3. The lowest BCUT2D eigenvalue weighted by Crippen LogP contribution is -2.31. The first-order chi connectivity index (χ1) is 11.0. The maximum atomic E-state index is 13.5. The van der Waals surface area contributed by atoms with Crippen LogP contribution < -0.4 is 10.1 Å². The van der Waals surface area contributed by atoms with E-state index in [2.05, 4.69) is 31.3 Å². The van der Waals surface area contributed by atoms with Crippen LogP contribution in [0.2, 0.25) is 0 Å². The van der Waals surface area contributed by atoms with Crippen LogP contribution in [0.3, 0.4) is 0 Å². The molecular formula is C19H18FNO2. The van der Waals surface area contributed by atoms with Crippen LogP contribution in [-0.2, 0) is 11.3 Å². The van der Waals surface area contributed by atoms with Gasteiger partial charge in [-0.25, -0.2) is 4.39 Å². The number of ether oxygens (including phenoxy) is 2. The molecule has 0 aliphatic carbocycles. The third-order valence-corrected chi connectivity index (χ3v) is 4.33. The molecule has 2 aliphatic rings. The summed E-state index contributed by atoms with van der Waals surface area (Å²) in [6, 6.07) is 8.73. The van der Waals surface area contributed by atoms with Gasteiger partial charge in [-0.3, -0.25) is 0 Å². The van der Waals surface area contributed by atoms with Crippen molar-refractivity contribution < 1.29 is 13.9 Å². The molecule has 0 amide bonds. The highest BCUT2D eigenvalue weighted by atomic mass is 19.1. The highest BCUT2D eigenvalue weighted by Crippen LogP contribution is 2.46. The van der Waals surface area contributed by atoms with Crippen molar-refractivity contribution in [3.05, 3.63) is 53.4 Å². The van der Waals surface area contributed by atoms with Crippen LogP contribution in [0.4, 0.5) is 10.1 Å². The molecule has 2 aromatic rings. The highest BCUT2D eigenvalue weighted by Gasteiger charge is 2.33. The number of halogens is 1. The first-order valence-corrected chi connectivity index (χ1v) is 7.62. The molecule has 23 heavy (non-hydrogen) atoms. The van der Waals surface area contributed by atoms with E-state index in [1.807, 2.05) is 6.07 Å². The number of methoxy groups -OCH3 is 1. The SMILES string of the molecule is COc1cc(F)ccc1-c1ccc2c3c1COC3=CC(C)(C)N2. The summed E-state index contributed by atoms with van der Waals surface area (Å²) < 4.78 is 24.7. The molecule has 3 nitrogen and oxygen atoms in total. The average molecular weight is 311 g/mol. The van der Waals surface area contributed by atoms with Crippen molar-refractivity contribution in [3.8, 4) is 16.9 Å². The van der Waals surface area contributed by atoms with Crippen LogP contribution >= 0.6 is 0 Å². The number of benzene rings is 2. The van der Waals surface area contributed by atoms with E-state index in [0.717, 1.165) is 33.7 Å².